The Labute approximate surface area is 84.6 Å². The fourth-order valence-corrected chi connectivity index (χ4v) is 0.180. The first-order valence-electron chi connectivity index (χ1n) is 4.57. The molecule has 0 rings (SSSR count). The van der Waals surface area contributed by atoms with E-state index >= 15 is 0 Å². The van der Waals surface area contributed by atoms with Crippen LogP contribution in [0, 0.1) is 0 Å². The van der Waals surface area contributed by atoms with Gasteiger partial charge in [-0.1, -0.05) is 40.9 Å². The molecule has 0 N–H and O–H groups in total. The van der Waals surface area contributed by atoms with Gasteiger partial charge in [-0.2, -0.15) is 0 Å². The molecule has 0 heterocycles. The van der Waals surface area contributed by atoms with Crippen LogP contribution >= 0.6 is 0 Å². The minimum atomic E-state index is 0.944. The second-order valence-corrected chi connectivity index (χ2v) is 1.31. The van der Waals surface area contributed by atoms with Gasteiger partial charge >= 0.3 is 0 Å². The molecule has 0 saturated heterocycles. The Hall–Kier alpha value is -1.11. The maximum atomic E-state index is 3.71. The fraction of sp³-hybridized carbons (Fsp3) is 0.417. The standard InChI is InChI=1S/C6H9N.2C2H6.C2H4/c1-4-7-5-6(2)3;3*1-2/h4-5H,1-2H2,3H3;2*1-2H3;1-2H2. The summed E-state index contributed by atoms with van der Waals surface area (Å²) in [4.78, 5) is 3.71. The van der Waals surface area contributed by atoms with Gasteiger partial charge in [0.1, 0.15) is 0 Å². The lowest BCUT2D eigenvalue weighted by Gasteiger charge is -1.76. The smallest absolute Gasteiger partial charge is 0.0290 e. The summed E-state index contributed by atoms with van der Waals surface area (Å²) in [6.45, 7) is 22.9. The molecule has 0 aliphatic heterocycles. The van der Waals surface area contributed by atoms with Crippen molar-refractivity contribution >= 4 is 6.21 Å². The number of hydrogen-bond donors (Lipinski definition) is 0. The Kier molecular flexibility index (Phi) is 77.6. The van der Waals surface area contributed by atoms with E-state index in [1.807, 2.05) is 34.6 Å². The van der Waals surface area contributed by atoms with Crippen molar-refractivity contribution in [2.75, 3.05) is 0 Å². The lowest BCUT2D eigenvalue weighted by Crippen LogP contribution is -1.68. The van der Waals surface area contributed by atoms with Crippen LogP contribution in [0.1, 0.15) is 34.6 Å². The van der Waals surface area contributed by atoms with Crippen molar-refractivity contribution in [2.45, 2.75) is 34.6 Å². The van der Waals surface area contributed by atoms with E-state index in [1.165, 1.54) is 6.20 Å². The molecule has 1 nitrogen and oxygen atoms in total. The maximum absolute atomic E-state index is 3.71. The third kappa shape index (κ3) is 103. The number of nitrogens with zero attached hydrogens (tertiary/aromatic N) is 1. The number of aliphatic imine (C=N–C) groups is 1. The van der Waals surface area contributed by atoms with Gasteiger partial charge in [-0.15, -0.1) is 13.2 Å². The van der Waals surface area contributed by atoms with Gasteiger partial charge in [0.25, 0.3) is 0 Å². The lowest BCUT2D eigenvalue weighted by atomic mass is 10.4. The summed E-state index contributed by atoms with van der Waals surface area (Å²) in [7, 11) is 0. The molecule has 0 unspecified atom stereocenters. The summed E-state index contributed by atoms with van der Waals surface area (Å²) < 4.78 is 0. The van der Waals surface area contributed by atoms with Crippen LogP contribution < -0.4 is 0 Å². The van der Waals surface area contributed by atoms with Crippen LogP contribution in [-0.2, 0) is 0 Å². The van der Waals surface area contributed by atoms with E-state index in [9.17, 15) is 0 Å². The third-order valence-corrected chi connectivity index (χ3v) is 0.400. The van der Waals surface area contributed by atoms with E-state index in [0.717, 1.165) is 5.57 Å². The Balaban J connectivity index is -0.0000000573. The molecule has 0 saturated carbocycles. The predicted molar refractivity (Wildman–Crippen MR) is 67.5 cm³/mol. The molecule has 0 amide bonds. The van der Waals surface area contributed by atoms with Crippen LogP contribution in [-0.4, -0.2) is 6.21 Å². The van der Waals surface area contributed by atoms with E-state index in [4.69, 9.17) is 0 Å². The monoisotopic (exact) mass is 183 g/mol. The summed E-state index contributed by atoms with van der Waals surface area (Å²) in [5.74, 6) is 0. The highest BCUT2D eigenvalue weighted by Crippen LogP contribution is 1.77. The zero-order chi connectivity index (χ0) is 11.7. The van der Waals surface area contributed by atoms with Crippen LogP contribution in [0.3, 0.4) is 0 Å². The normalized spacial score (nSPS) is 6.23. The minimum absolute atomic E-state index is 0.944. The Morgan fingerprint density at radius 2 is 1.38 bits per heavy atom. The molecule has 0 aromatic carbocycles. The molecule has 0 aliphatic carbocycles. The molecule has 0 spiro atoms. The summed E-state index contributed by atoms with van der Waals surface area (Å²) in [6.07, 6.45) is 3.14. The molecule has 0 atom stereocenters. The van der Waals surface area contributed by atoms with Gasteiger partial charge in [0, 0.05) is 12.4 Å². The Bertz CT molecular complexity index is 112. The van der Waals surface area contributed by atoms with Crippen molar-refractivity contribution in [3.8, 4) is 0 Å². The van der Waals surface area contributed by atoms with Crippen LogP contribution in [0.5, 0.6) is 0 Å². The van der Waals surface area contributed by atoms with Crippen molar-refractivity contribution in [1.29, 1.82) is 0 Å². The summed E-state index contributed by atoms with van der Waals surface area (Å²) in [5, 5.41) is 0. The highest BCUT2D eigenvalue weighted by Gasteiger charge is 1.66. The zero-order valence-corrected chi connectivity index (χ0v) is 9.93. The van der Waals surface area contributed by atoms with Crippen LogP contribution in [0.25, 0.3) is 0 Å². The van der Waals surface area contributed by atoms with Gasteiger partial charge in [0.05, 0.1) is 0 Å². The molecule has 0 aromatic rings. The number of hydrogen-bond acceptors (Lipinski definition) is 1. The van der Waals surface area contributed by atoms with Gasteiger partial charge in [-0.25, -0.2) is 0 Å². The first-order valence-corrected chi connectivity index (χ1v) is 4.57. The van der Waals surface area contributed by atoms with Crippen molar-refractivity contribution in [1.82, 2.24) is 0 Å². The predicted octanol–water partition coefficient (Wildman–Crippen LogP) is 4.63. The SMILES string of the molecule is C=C.C=CN=CC(=C)C.CC.CC. The average Bonchev–Trinajstić information content (AvgIpc) is 2.24. The van der Waals surface area contributed by atoms with Gasteiger partial charge in [-0.3, -0.25) is 4.99 Å². The van der Waals surface area contributed by atoms with E-state index < -0.39 is 0 Å². The molecule has 1 heteroatoms. The van der Waals surface area contributed by atoms with E-state index in [2.05, 4.69) is 31.3 Å². The summed E-state index contributed by atoms with van der Waals surface area (Å²) in [6, 6.07) is 0. The van der Waals surface area contributed by atoms with Gasteiger partial charge in [0.15, 0.2) is 0 Å². The number of allylic oxidation sites excluding steroid dienone is 1. The van der Waals surface area contributed by atoms with Crippen LogP contribution in [0.15, 0.2) is 43.1 Å². The molecule has 13 heavy (non-hydrogen) atoms. The quantitative estimate of drug-likeness (QED) is 0.437. The molecule has 0 bridgehead atoms. The summed E-state index contributed by atoms with van der Waals surface area (Å²) >= 11 is 0. The molecule has 0 radical (unpaired) electrons. The highest BCUT2D eigenvalue weighted by atomic mass is 14.6. The second-order valence-electron chi connectivity index (χ2n) is 1.31. The largest absolute Gasteiger partial charge is 0.265 e. The molecule has 0 aromatic heterocycles. The Morgan fingerprint density at radius 3 is 1.46 bits per heavy atom. The molecular formula is C12H25N. The first-order chi connectivity index (χ1) is 6.27. The zero-order valence-electron chi connectivity index (χ0n) is 9.93. The Morgan fingerprint density at radius 1 is 1.08 bits per heavy atom. The van der Waals surface area contributed by atoms with Crippen molar-refractivity contribution in [3.05, 3.63) is 38.1 Å². The third-order valence-electron chi connectivity index (χ3n) is 0.400. The highest BCUT2D eigenvalue weighted by molar-refractivity contribution is 5.76. The first kappa shape index (κ1) is 22.7. The molecule has 78 valence electrons. The van der Waals surface area contributed by atoms with E-state index in [-0.39, 0.29) is 0 Å². The maximum Gasteiger partial charge on any atom is 0.0290 e. The van der Waals surface area contributed by atoms with Gasteiger partial charge < -0.3 is 0 Å². The van der Waals surface area contributed by atoms with Crippen molar-refractivity contribution in [2.24, 2.45) is 4.99 Å². The van der Waals surface area contributed by atoms with Crippen molar-refractivity contribution in [3.63, 3.8) is 0 Å². The second kappa shape index (κ2) is 44.5. The van der Waals surface area contributed by atoms with Crippen molar-refractivity contribution < 1.29 is 0 Å². The summed E-state index contributed by atoms with van der Waals surface area (Å²) in [5.41, 5.74) is 0.944. The average molecular weight is 183 g/mol. The number of rotatable bonds is 2. The topological polar surface area (TPSA) is 12.4 Å². The molecule has 0 aliphatic rings. The van der Waals surface area contributed by atoms with E-state index in [1.54, 1.807) is 6.21 Å². The minimum Gasteiger partial charge on any atom is -0.265 e. The van der Waals surface area contributed by atoms with Gasteiger partial charge in [-0.05, 0) is 12.5 Å². The lowest BCUT2D eigenvalue weighted by molar-refractivity contribution is 1.50. The molecular weight excluding hydrogens is 158 g/mol. The van der Waals surface area contributed by atoms with E-state index in [0.29, 0.717) is 0 Å². The van der Waals surface area contributed by atoms with Gasteiger partial charge in [0.2, 0.25) is 0 Å². The van der Waals surface area contributed by atoms with Crippen LogP contribution in [0.4, 0.5) is 0 Å². The fourth-order valence-electron chi connectivity index (χ4n) is 0.180. The van der Waals surface area contributed by atoms with Crippen LogP contribution in [0.2, 0.25) is 0 Å². The molecule has 0 fully saturated rings.